The number of nitrogens with one attached hydrogen (secondary N) is 1. The second-order valence-electron chi connectivity index (χ2n) is 8.26. The highest BCUT2D eigenvalue weighted by molar-refractivity contribution is 7.13. The minimum atomic E-state index is -0.197. The van der Waals surface area contributed by atoms with Gasteiger partial charge >= 0.3 is 0 Å². The van der Waals surface area contributed by atoms with Gasteiger partial charge in [-0.3, -0.25) is 14.4 Å². The van der Waals surface area contributed by atoms with Gasteiger partial charge in [-0.2, -0.15) is 0 Å². The van der Waals surface area contributed by atoms with Crippen LogP contribution < -0.4 is 5.56 Å². The van der Waals surface area contributed by atoms with Crippen LogP contribution in [0, 0.1) is 12.8 Å². The van der Waals surface area contributed by atoms with E-state index in [1.807, 2.05) is 37.8 Å². The number of fused-ring (bicyclic) bond motifs is 1. The molecule has 2 aliphatic heterocycles. The Balaban J connectivity index is 1.57. The summed E-state index contributed by atoms with van der Waals surface area (Å²) in [6, 6.07) is 3.61. The molecule has 1 fully saturated rings. The van der Waals surface area contributed by atoms with Crippen molar-refractivity contribution in [3.05, 3.63) is 49.3 Å². The maximum atomic E-state index is 12.9. The number of carbonyl (C=O) groups is 2. The molecule has 8 heteroatoms. The molecular formula is C22H28N4O3S. The summed E-state index contributed by atoms with van der Waals surface area (Å²) in [7, 11) is 0. The standard InChI is InChI=1S/C22H28N4O3S/c1-4-13(2)21(28)26-10-5-6-17(26)19-23-16-9-11-25(12-15(16)20(27)24-19)22(29)18-8-7-14(3)30-18/h7-8,13,17H,4-6,9-12H2,1-3H3,(H,23,24,27)/t13-,17+/m0/s1. The maximum absolute atomic E-state index is 12.9. The zero-order valence-corrected chi connectivity index (χ0v) is 18.6. The SMILES string of the molecule is CC[C@H](C)C(=O)N1CCC[C@@H]1c1nc2c(c(=O)[nH]1)CN(C(=O)c1ccc(C)s1)CC2. The second kappa shape index (κ2) is 8.34. The van der Waals surface area contributed by atoms with Crippen LogP contribution in [-0.2, 0) is 17.8 Å². The molecule has 4 heterocycles. The largest absolute Gasteiger partial charge is 0.333 e. The molecule has 2 aromatic heterocycles. The predicted molar refractivity (Wildman–Crippen MR) is 116 cm³/mol. The fraction of sp³-hybridized carbons (Fsp3) is 0.545. The van der Waals surface area contributed by atoms with Crippen LogP contribution in [0.15, 0.2) is 16.9 Å². The van der Waals surface area contributed by atoms with E-state index in [1.54, 1.807) is 4.90 Å². The number of thiophene rings is 1. The van der Waals surface area contributed by atoms with E-state index in [9.17, 15) is 14.4 Å². The first-order valence-corrected chi connectivity index (χ1v) is 11.5. The Morgan fingerprint density at radius 3 is 2.83 bits per heavy atom. The quantitative estimate of drug-likeness (QED) is 0.811. The molecule has 2 amide bonds. The second-order valence-corrected chi connectivity index (χ2v) is 9.55. The van der Waals surface area contributed by atoms with Gasteiger partial charge in [-0.05, 0) is 38.3 Å². The van der Waals surface area contributed by atoms with E-state index in [0.29, 0.717) is 35.8 Å². The van der Waals surface area contributed by atoms with Crippen molar-refractivity contribution >= 4 is 23.2 Å². The molecule has 7 nitrogen and oxygen atoms in total. The Morgan fingerprint density at radius 2 is 2.13 bits per heavy atom. The summed E-state index contributed by atoms with van der Waals surface area (Å²) in [5.41, 5.74) is 1.12. The van der Waals surface area contributed by atoms with Crippen molar-refractivity contribution in [1.29, 1.82) is 0 Å². The van der Waals surface area contributed by atoms with Crippen LogP contribution in [0.4, 0.5) is 0 Å². The maximum Gasteiger partial charge on any atom is 0.264 e. The molecule has 2 aliphatic rings. The molecule has 1 saturated heterocycles. The average Bonchev–Trinajstić information content (AvgIpc) is 3.41. The lowest BCUT2D eigenvalue weighted by Crippen LogP contribution is -2.41. The minimum absolute atomic E-state index is 0.0320. The summed E-state index contributed by atoms with van der Waals surface area (Å²) in [5.74, 6) is 0.642. The number of H-pyrrole nitrogens is 1. The number of likely N-dealkylation sites (tertiary alicyclic amines) is 1. The molecule has 4 rings (SSSR count). The van der Waals surface area contributed by atoms with Gasteiger partial charge in [0.15, 0.2) is 0 Å². The molecule has 0 aliphatic carbocycles. The molecule has 0 bridgehead atoms. The van der Waals surface area contributed by atoms with E-state index in [0.717, 1.165) is 29.8 Å². The van der Waals surface area contributed by atoms with Gasteiger partial charge in [0.05, 0.1) is 28.7 Å². The van der Waals surface area contributed by atoms with E-state index in [1.165, 1.54) is 11.3 Å². The highest BCUT2D eigenvalue weighted by Crippen LogP contribution is 2.32. The lowest BCUT2D eigenvalue weighted by molar-refractivity contribution is -0.136. The predicted octanol–water partition coefficient (Wildman–Crippen LogP) is 3.05. The lowest BCUT2D eigenvalue weighted by atomic mass is 10.0. The third kappa shape index (κ3) is 3.80. The average molecular weight is 429 g/mol. The topological polar surface area (TPSA) is 86.4 Å². The molecule has 30 heavy (non-hydrogen) atoms. The van der Waals surface area contributed by atoms with Gasteiger partial charge in [0, 0.05) is 30.3 Å². The normalized spacial score (nSPS) is 19.6. The fourth-order valence-electron chi connectivity index (χ4n) is 4.25. The van der Waals surface area contributed by atoms with E-state index in [4.69, 9.17) is 4.98 Å². The Bertz CT molecular complexity index is 1030. The third-order valence-electron chi connectivity index (χ3n) is 6.21. The number of hydrogen-bond donors (Lipinski definition) is 1. The van der Waals surface area contributed by atoms with E-state index in [-0.39, 0.29) is 35.9 Å². The van der Waals surface area contributed by atoms with Gasteiger partial charge in [0.25, 0.3) is 11.5 Å². The van der Waals surface area contributed by atoms with Gasteiger partial charge in [0.2, 0.25) is 5.91 Å². The first-order valence-electron chi connectivity index (χ1n) is 10.7. The third-order valence-corrected chi connectivity index (χ3v) is 7.20. The Morgan fingerprint density at radius 1 is 1.33 bits per heavy atom. The Labute approximate surface area is 180 Å². The van der Waals surface area contributed by atoms with Crippen molar-refractivity contribution in [2.45, 2.75) is 59.0 Å². The fourth-order valence-corrected chi connectivity index (χ4v) is 5.09. The molecule has 0 unspecified atom stereocenters. The molecule has 1 N–H and O–H groups in total. The molecule has 0 radical (unpaired) electrons. The summed E-state index contributed by atoms with van der Waals surface area (Å²) >= 11 is 1.47. The zero-order valence-electron chi connectivity index (χ0n) is 17.7. The first-order chi connectivity index (χ1) is 14.4. The number of aromatic amines is 1. The van der Waals surface area contributed by atoms with Crippen molar-refractivity contribution in [3.63, 3.8) is 0 Å². The van der Waals surface area contributed by atoms with Crippen molar-refractivity contribution < 1.29 is 9.59 Å². The van der Waals surface area contributed by atoms with E-state index < -0.39 is 0 Å². The molecule has 160 valence electrons. The van der Waals surface area contributed by atoms with Crippen LogP contribution in [0.2, 0.25) is 0 Å². The summed E-state index contributed by atoms with van der Waals surface area (Å²) in [5, 5.41) is 0. The van der Waals surface area contributed by atoms with Gasteiger partial charge in [-0.1, -0.05) is 13.8 Å². The summed E-state index contributed by atoms with van der Waals surface area (Å²) < 4.78 is 0. The van der Waals surface area contributed by atoms with Crippen molar-refractivity contribution in [3.8, 4) is 0 Å². The van der Waals surface area contributed by atoms with Crippen molar-refractivity contribution in [2.24, 2.45) is 5.92 Å². The van der Waals surface area contributed by atoms with E-state index in [2.05, 4.69) is 4.98 Å². The minimum Gasteiger partial charge on any atom is -0.333 e. The lowest BCUT2D eigenvalue weighted by Gasteiger charge is -2.30. The Hall–Kier alpha value is -2.48. The van der Waals surface area contributed by atoms with Crippen molar-refractivity contribution in [1.82, 2.24) is 19.8 Å². The van der Waals surface area contributed by atoms with Crippen molar-refractivity contribution in [2.75, 3.05) is 13.1 Å². The molecule has 2 atom stereocenters. The number of hydrogen-bond acceptors (Lipinski definition) is 5. The molecule has 0 aromatic carbocycles. The zero-order chi connectivity index (χ0) is 21.4. The summed E-state index contributed by atoms with van der Waals surface area (Å²) in [4.78, 5) is 51.5. The van der Waals surface area contributed by atoms with Gasteiger partial charge in [0.1, 0.15) is 5.82 Å². The summed E-state index contributed by atoms with van der Waals surface area (Å²) in [6.45, 7) is 7.45. The monoisotopic (exact) mass is 428 g/mol. The number of amides is 2. The smallest absolute Gasteiger partial charge is 0.264 e. The number of aromatic nitrogens is 2. The number of rotatable bonds is 4. The van der Waals surface area contributed by atoms with Gasteiger partial charge in [-0.25, -0.2) is 4.98 Å². The van der Waals surface area contributed by atoms with Gasteiger partial charge < -0.3 is 14.8 Å². The van der Waals surface area contributed by atoms with Crippen LogP contribution in [0.5, 0.6) is 0 Å². The van der Waals surface area contributed by atoms with Gasteiger partial charge in [-0.15, -0.1) is 11.3 Å². The highest BCUT2D eigenvalue weighted by atomic mass is 32.1. The van der Waals surface area contributed by atoms with Crippen LogP contribution in [0.1, 0.15) is 70.8 Å². The molecule has 0 saturated carbocycles. The van der Waals surface area contributed by atoms with Crippen LogP contribution in [0.25, 0.3) is 0 Å². The molecule has 0 spiro atoms. The number of nitrogens with zero attached hydrogens (tertiary/aromatic N) is 3. The highest BCUT2D eigenvalue weighted by Gasteiger charge is 2.35. The van der Waals surface area contributed by atoms with Crippen LogP contribution in [-0.4, -0.2) is 44.7 Å². The molecule has 2 aromatic rings. The number of aryl methyl sites for hydroxylation is 1. The first kappa shape index (κ1) is 20.8. The molecular weight excluding hydrogens is 400 g/mol. The number of carbonyl (C=O) groups excluding carboxylic acids is 2. The Kier molecular flexibility index (Phi) is 5.77. The van der Waals surface area contributed by atoms with E-state index >= 15 is 0 Å². The van der Waals surface area contributed by atoms with Crippen LogP contribution >= 0.6 is 11.3 Å². The summed E-state index contributed by atoms with van der Waals surface area (Å²) in [6.07, 6.45) is 3.07. The van der Waals surface area contributed by atoms with Crippen LogP contribution in [0.3, 0.4) is 0 Å².